The van der Waals surface area contributed by atoms with Crippen molar-refractivity contribution in [1.82, 2.24) is 4.98 Å². The van der Waals surface area contributed by atoms with E-state index in [1.807, 2.05) is 30.3 Å². The van der Waals surface area contributed by atoms with Crippen molar-refractivity contribution >= 4 is 46.4 Å². The van der Waals surface area contributed by atoms with Crippen LogP contribution in [0.5, 0.6) is 0 Å². The summed E-state index contributed by atoms with van der Waals surface area (Å²) in [6.45, 7) is 0. The molecule has 0 saturated carbocycles. The average Bonchev–Trinajstić information content (AvgIpc) is 2.48. The maximum atomic E-state index is 6.22. The van der Waals surface area contributed by atoms with Crippen LogP contribution >= 0.6 is 46.4 Å². The van der Waals surface area contributed by atoms with Crippen molar-refractivity contribution in [2.24, 2.45) is 0 Å². The Hall–Kier alpha value is -0.470. The number of benzene rings is 1. The zero-order valence-corrected chi connectivity index (χ0v) is 13.6. The molecule has 1 aromatic heterocycles. The van der Waals surface area contributed by atoms with E-state index < -0.39 is 0 Å². The molecule has 1 aromatic carbocycles. The lowest BCUT2D eigenvalue weighted by Gasteiger charge is -2.30. The monoisotopic (exact) mass is 347 g/mol. The third-order valence-electron chi connectivity index (χ3n) is 3.35. The molecule has 0 atom stereocenters. The maximum Gasteiger partial charge on any atom is 0.0621 e. The van der Waals surface area contributed by atoms with Gasteiger partial charge in [0.25, 0.3) is 0 Å². The van der Waals surface area contributed by atoms with Crippen molar-refractivity contribution in [1.29, 1.82) is 0 Å². The molecule has 0 aliphatic rings. The zero-order chi connectivity index (χ0) is 14.6. The Kier molecular flexibility index (Phi) is 5.57. The van der Waals surface area contributed by atoms with Crippen LogP contribution in [0.4, 0.5) is 0 Å². The van der Waals surface area contributed by atoms with Gasteiger partial charge in [0.2, 0.25) is 0 Å². The van der Waals surface area contributed by atoms with Gasteiger partial charge >= 0.3 is 0 Å². The molecule has 0 unspecified atom stereocenters. The van der Waals surface area contributed by atoms with Crippen LogP contribution in [0.2, 0.25) is 10.0 Å². The van der Waals surface area contributed by atoms with Crippen LogP contribution in [0, 0.1) is 0 Å². The SMILES string of the molecule is ClCC(CCl)(Cc1ccncc1Cl)c1ccc(Cl)cc1. The molecule has 0 radical (unpaired) electrons. The van der Waals surface area contributed by atoms with Crippen molar-refractivity contribution in [3.05, 3.63) is 63.9 Å². The van der Waals surface area contributed by atoms with Crippen LogP contribution in [0.1, 0.15) is 11.1 Å². The van der Waals surface area contributed by atoms with Gasteiger partial charge in [-0.1, -0.05) is 35.3 Å². The molecule has 1 nitrogen and oxygen atoms in total. The molecule has 2 rings (SSSR count). The largest absolute Gasteiger partial charge is 0.263 e. The van der Waals surface area contributed by atoms with Gasteiger partial charge in [0, 0.05) is 34.6 Å². The number of nitrogens with zero attached hydrogens (tertiary/aromatic N) is 1. The lowest BCUT2D eigenvalue weighted by molar-refractivity contribution is 0.536. The van der Waals surface area contributed by atoms with Crippen molar-refractivity contribution in [3.8, 4) is 0 Å². The van der Waals surface area contributed by atoms with Gasteiger partial charge in [0.15, 0.2) is 0 Å². The Bertz CT molecular complexity index is 564. The van der Waals surface area contributed by atoms with Crippen LogP contribution in [0.25, 0.3) is 0 Å². The molecule has 0 fully saturated rings. The minimum absolute atomic E-state index is 0.376. The van der Waals surface area contributed by atoms with Crippen molar-refractivity contribution < 1.29 is 0 Å². The summed E-state index contributed by atoms with van der Waals surface area (Å²) >= 11 is 24.6. The van der Waals surface area contributed by atoms with Gasteiger partial charge in [0.05, 0.1) is 5.02 Å². The smallest absolute Gasteiger partial charge is 0.0621 e. The van der Waals surface area contributed by atoms with Gasteiger partial charge in [-0.3, -0.25) is 4.98 Å². The molecule has 20 heavy (non-hydrogen) atoms. The first-order valence-corrected chi connectivity index (χ1v) is 7.90. The Morgan fingerprint density at radius 3 is 2.15 bits per heavy atom. The molecule has 0 aliphatic heterocycles. The number of alkyl halides is 2. The second-order valence-electron chi connectivity index (χ2n) is 4.70. The molecule has 0 saturated heterocycles. The first-order valence-electron chi connectivity index (χ1n) is 6.08. The van der Waals surface area contributed by atoms with E-state index in [0.717, 1.165) is 11.1 Å². The molecule has 106 valence electrons. The van der Waals surface area contributed by atoms with E-state index in [2.05, 4.69) is 4.98 Å². The molecule has 0 aliphatic carbocycles. The van der Waals surface area contributed by atoms with Gasteiger partial charge < -0.3 is 0 Å². The first kappa shape index (κ1) is 15.9. The summed E-state index contributed by atoms with van der Waals surface area (Å²) in [5.41, 5.74) is 1.66. The highest BCUT2D eigenvalue weighted by Gasteiger charge is 2.31. The van der Waals surface area contributed by atoms with E-state index in [9.17, 15) is 0 Å². The van der Waals surface area contributed by atoms with Gasteiger partial charge in [-0.15, -0.1) is 23.2 Å². The normalized spacial score (nSPS) is 11.6. The van der Waals surface area contributed by atoms with Crippen LogP contribution < -0.4 is 0 Å². The van der Waals surface area contributed by atoms with E-state index in [4.69, 9.17) is 46.4 Å². The standard InChI is InChI=1S/C15H13Cl4N/c16-9-15(10-17,12-1-3-13(18)4-2-12)7-11-5-6-20-8-14(11)19/h1-6,8H,7,9-10H2. The van der Waals surface area contributed by atoms with E-state index in [-0.39, 0.29) is 5.41 Å². The minimum atomic E-state index is -0.376. The van der Waals surface area contributed by atoms with Crippen LogP contribution in [-0.4, -0.2) is 16.7 Å². The van der Waals surface area contributed by atoms with Gasteiger partial charge in [-0.05, 0) is 35.7 Å². The van der Waals surface area contributed by atoms with Gasteiger partial charge in [0.1, 0.15) is 0 Å². The van der Waals surface area contributed by atoms with Crippen molar-refractivity contribution in [3.63, 3.8) is 0 Å². The summed E-state index contributed by atoms with van der Waals surface area (Å²) in [6, 6.07) is 9.51. The Balaban J connectivity index is 2.39. The Morgan fingerprint density at radius 2 is 1.60 bits per heavy atom. The molecule has 2 aromatic rings. The fourth-order valence-electron chi connectivity index (χ4n) is 2.10. The summed E-state index contributed by atoms with van der Waals surface area (Å²) in [6.07, 6.45) is 4.01. The summed E-state index contributed by atoms with van der Waals surface area (Å²) in [4.78, 5) is 4.00. The van der Waals surface area contributed by atoms with Crippen LogP contribution in [-0.2, 0) is 11.8 Å². The third kappa shape index (κ3) is 3.40. The van der Waals surface area contributed by atoms with Crippen LogP contribution in [0.15, 0.2) is 42.7 Å². The maximum absolute atomic E-state index is 6.22. The number of pyridine rings is 1. The molecular weight excluding hydrogens is 336 g/mol. The highest BCUT2D eigenvalue weighted by molar-refractivity contribution is 6.31. The molecule has 5 heteroatoms. The minimum Gasteiger partial charge on any atom is -0.263 e. The molecule has 0 spiro atoms. The quantitative estimate of drug-likeness (QED) is 0.664. The molecular formula is C15H13Cl4N. The zero-order valence-electron chi connectivity index (χ0n) is 10.6. The number of halogens is 4. The van der Waals surface area contributed by atoms with E-state index in [1.165, 1.54) is 0 Å². The predicted octanol–water partition coefficient (Wildman–Crippen LogP) is 5.35. The van der Waals surface area contributed by atoms with Crippen molar-refractivity contribution in [2.75, 3.05) is 11.8 Å². The topological polar surface area (TPSA) is 12.9 Å². The summed E-state index contributed by atoms with van der Waals surface area (Å²) < 4.78 is 0. The number of hydrogen-bond donors (Lipinski definition) is 0. The second kappa shape index (κ2) is 7.00. The fourth-order valence-corrected chi connectivity index (χ4v) is 3.20. The van der Waals surface area contributed by atoms with E-state index in [1.54, 1.807) is 12.4 Å². The first-order chi connectivity index (χ1) is 9.61. The molecule has 1 heterocycles. The van der Waals surface area contributed by atoms with Crippen molar-refractivity contribution in [2.45, 2.75) is 11.8 Å². The number of rotatable bonds is 5. The number of hydrogen-bond acceptors (Lipinski definition) is 1. The second-order valence-corrected chi connectivity index (χ2v) is 6.08. The summed E-state index contributed by atoms with van der Waals surface area (Å²) in [7, 11) is 0. The molecule has 0 N–H and O–H groups in total. The third-order valence-corrected chi connectivity index (χ3v) is 4.97. The lowest BCUT2D eigenvalue weighted by Crippen LogP contribution is -2.33. The lowest BCUT2D eigenvalue weighted by atomic mass is 9.79. The highest BCUT2D eigenvalue weighted by Crippen LogP contribution is 2.34. The molecule has 0 bridgehead atoms. The average molecular weight is 349 g/mol. The predicted molar refractivity (Wildman–Crippen MR) is 87.5 cm³/mol. The fraction of sp³-hybridized carbons (Fsp3) is 0.267. The van der Waals surface area contributed by atoms with Gasteiger partial charge in [-0.2, -0.15) is 0 Å². The molecule has 0 amide bonds. The Morgan fingerprint density at radius 1 is 0.950 bits per heavy atom. The summed E-state index contributed by atoms with van der Waals surface area (Å²) in [5.74, 6) is 0.799. The van der Waals surface area contributed by atoms with Crippen LogP contribution in [0.3, 0.4) is 0 Å². The van der Waals surface area contributed by atoms with Gasteiger partial charge in [-0.25, -0.2) is 0 Å². The van der Waals surface area contributed by atoms with E-state index in [0.29, 0.717) is 28.2 Å². The van der Waals surface area contributed by atoms with E-state index >= 15 is 0 Å². The number of aromatic nitrogens is 1. The highest BCUT2D eigenvalue weighted by atomic mass is 35.5. The Labute approximate surface area is 138 Å². The summed E-state index contributed by atoms with van der Waals surface area (Å²) in [5, 5.41) is 1.31.